The van der Waals surface area contributed by atoms with Crippen LogP contribution in [0.1, 0.15) is 104 Å². The van der Waals surface area contributed by atoms with Gasteiger partial charge >= 0.3 is 5.97 Å². The Morgan fingerprint density at radius 3 is 1.61 bits per heavy atom. The summed E-state index contributed by atoms with van der Waals surface area (Å²) < 4.78 is 29.3. The van der Waals surface area contributed by atoms with Gasteiger partial charge in [0.15, 0.2) is 0 Å². The molecule has 7 nitrogen and oxygen atoms in total. The van der Waals surface area contributed by atoms with E-state index in [4.69, 9.17) is 9.66 Å². The first-order chi connectivity index (χ1) is 13.2. The maximum absolute atomic E-state index is 11.3. The van der Waals surface area contributed by atoms with Crippen LogP contribution in [-0.4, -0.2) is 42.3 Å². The third kappa shape index (κ3) is 29.6. The van der Waals surface area contributed by atoms with E-state index in [-0.39, 0.29) is 12.5 Å². The van der Waals surface area contributed by atoms with E-state index in [9.17, 15) is 18.0 Å². The fraction of sp³-hybridized carbons (Fsp3) is 0.900. The Morgan fingerprint density at radius 2 is 1.18 bits per heavy atom. The summed E-state index contributed by atoms with van der Waals surface area (Å²) in [4.78, 5) is 21.3. The lowest BCUT2D eigenvalue weighted by molar-refractivity contribution is -0.137. The first-order valence-corrected chi connectivity index (χ1v) is 12.3. The third-order valence-corrected chi connectivity index (χ3v) is 4.90. The summed E-state index contributed by atoms with van der Waals surface area (Å²) in [7, 11) is -3.97. The van der Waals surface area contributed by atoms with Gasteiger partial charge in [0.25, 0.3) is 10.1 Å². The highest BCUT2D eigenvalue weighted by molar-refractivity contribution is 7.85. The van der Waals surface area contributed by atoms with E-state index in [1.807, 2.05) is 0 Å². The third-order valence-electron chi connectivity index (χ3n) is 4.18. The Hall–Kier alpha value is -1.15. The molecule has 0 fully saturated rings. The predicted octanol–water partition coefficient (Wildman–Crippen LogP) is 4.56. The highest BCUT2D eigenvalue weighted by Gasteiger charge is 2.06. The van der Waals surface area contributed by atoms with Crippen molar-refractivity contribution in [2.75, 3.05) is 12.3 Å². The van der Waals surface area contributed by atoms with Crippen molar-refractivity contribution in [3.05, 3.63) is 0 Å². The second-order valence-corrected chi connectivity index (χ2v) is 8.64. The zero-order valence-corrected chi connectivity index (χ0v) is 18.6. The largest absolute Gasteiger partial charge is 0.481 e. The van der Waals surface area contributed by atoms with Crippen LogP contribution in [0.3, 0.4) is 0 Å². The average molecular weight is 424 g/mol. The number of carbonyl (C=O) groups is 2. The van der Waals surface area contributed by atoms with Crippen molar-refractivity contribution >= 4 is 22.0 Å². The fourth-order valence-electron chi connectivity index (χ4n) is 2.53. The van der Waals surface area contributed by atoms with Gasteiger partial charge in [-0.05, 0) is 12.8 Å². The van der Waals surface area contributed by atoms with Crippen molar-refractivity contribution in [1.82, 2.24) is 5.32 Å². The molecule has 3 N–H and O–H groups in total. The average Bonchev–Trinajstić information content (AvgIpc) is 2.60. The summed E-state index contributed by atoms with van der Waals surface area (Å²) in [6.07, 6.45) is 14.3. The highest BCUT2D eigenvalue weighted by atomic mass is 32.2. The smallest absolute Gasteiger partial charge is 0.303 e. The van der Waals surface area contributed by atoms with Crippen molar-refractivity contribution < 1.29 is 27.7 Å². The van der Waals surface area contributed by atoms with Gasteiger partial charge in [0.1, 0.15) is 0 Å². The molecule has 1 amide bonds. The number of hydrogen-bond acceptors (Lipinski definition) is 4. The summed E-state index contributed by atoms with van der Waals surface area (Å²) in [5, 5.41) is 10.7. The van der Waals surface area contributed by atoms with Crippen LogP contribution < -0.4 is 5.32 Å². The zero-order chi connectivity index (χ0) is 21.7. The van der Waals surface area contributed by atoms with Gasteiger partial charge in [0.2, 0.25) is 5.91 Å². The molecule has 0 saturated heterocycles. The molecule has 8 heteroatoms. The SMILES string of the molecule is CCCCCCCC(=O)O.CCCCCCCCCC(=O)NCCS(=O)(=O)O. The quantitative estimate of drug-likeness (QED) is 0.233. The van der Waals surface area contributed by atoms with Gasteiger partial charge in [-0.3, -0.25) is 14.1 Å². The summed E-state index contributed by atoms with van der Waals surface area (Å²) in [6.45, 7) is 4.31. The topological polar surface area (TPSA) is 121 Å². The van der Waals surface area contributed by atoms with Gasteiger partial charge in [-0.25, -0.2) is 0 Å². The molecule has 0 atom stereocenters. The first kappa shape index (κ1) is 29.1. The van der Waals surface area contributed by atoms with Crippen LogP contribution >= 0.6 is 0 Å². The van der Waals surface area contributed by atoms with Gasteiger partial charge in [-0.2, -0.15) is 8.42 Å². The van der Waals surface area contributed by atoms with Crippen molar-refractivity contribution in [3.63, 3.8) is 0 Å². The maximum Gasteiger partial charge on any atom is 0.303 e. The van der Waals surface area contributed by atoms with Crippen molar-refractivity contribution in [2.24, 2.45) is 0 Å². The van der Waals surface area contributed by atoms with E-state index in [1.54, 1.807) is 0 Å². The van der Waals surface area contributed by atoms with E-state index >= 15 is 0 Å². The van der Waals surface area contributed by atoms with Gasteiger partial charge in [-0.1, -0.05) is 78.1 Å². The van der Waals surface area contributed by atoms with E-state index in [0.29, 0.717) is 12.8 Å². The molecule has 0 heterocycles. The first-order valence-electron chi connectivity index (χ1n) is 10.7. The van der Waals surface area contributed by atoms with Gasteiger partial charge < -0.3 is 10.4 Å². The predicted molar refractivity (Wildman–Crippen MR) is 113 cm³/mol. The van der Waals surface area contributed by atoms with Crippen LogP contribution in [0.25, 0.3) is 0 Å². The minimum absolute atomic E-state index is 0.0197. The van der Waals surface area contributed by atoms with Crippen LogP contribution in [0, 0.1) is 0 Å². The number of rotatable bonds is 17. The van der Waals surface area contributed by atoms with Gasteiger partial charge in [0.05, 0.1) is 5.75 Å². The normalized spacial score (nSPS) is 10.8. The number of carbonyl (C=O) groups excluding carboxylic acids is 1. The van der Waals surface area contributed by atoms with Gasteiger partial charge in [-0.15, -0.1) is 0 Å². The molecular weight excluding hydrogens is 382 g/mol. The molecule has 0 spiro atoms. The summed E-state index contributed by atoms with van der Waals surface area (Å²) >= 11 is 0. The molecule has 0 aliphatic heterocycles. The molecule has 28 heavy (non-hydrogen) atoms. The van der Waals surface area contributed by atoms with Crippen molar-refractivity contribution in [2.45, 2.75) is 104 Å². The van der Waals surface area contributed by atoms with Crippen LogP contribution in [-0.2, 0) is 19.7 Å². The molecule has 0 aromatic rings. The molecule has 0 aliphatic carbocycles. The minimum Gasteiger partial charge on any atom is -0.481 e. The van der Waals surface area contributed by atoms with Crippen molar-refractivity contribution in [3.8, 4) is 0 Å². The number of carboxylic acid groups (broad SMARTS) is 1. The molecular formula is C20H41NO6S. The van der Waals surface area contributed by atoms with E-state index in [2.05, 4.69) is 19.2 Å². The number of unbranched alkanes of at least 4 members (excludes halogenated alkanes) is 10. The molecule has 0 radical (unpaired) electrons. The lowest BCUT2D eigenvalue weighted by Gasteiger charge is -2.04. The zero-order valence-electron chi connectivity index (χ0n) is 17.7. The minimum atomic E-state index is -3.97. The van der Waals surface area contributed by atoms with E-state index in [0.717, 1.165) is 32.1 Å². The molecule has 0 rings (SSSR count). The molecule has 0 aromatic heterocycles. The Bertz CT molecular complexity index is 479. The number of amides is 1. The highest BCUT2D eigenvalue weighted by Crippen LogP contribution is 2.08. The van der Waals surface area contributed by atoms with E-state index in [1.165, 1.54) is 44.9 Å². The number of nitrogens with one attached hydrogen (secondary N) is 1. The molecule has 168 valence electrons. The maximum atomic E-state index is 11.3. The standard InChI is InChI=1S/C12H25NO4S.C8H16O2/c1-2-3-4-5-6-7-8-9-12(14)13-10-11-18(15,16)17;1-2-3-4-5-6-7-8(9)10/h2-11H2,1H3,(H,13,14)(H,15,16,17);2-7H2,1H3,(H,9,10). The number of carboxylic acids is 1. The van der Waals surface area contributed by atoms with Crippen LogP contribution in [0.5, 0.6) is 0 Å². The lowest BCUT2D eigenvalue weighted by Crippen LogP contribution is -2.28. The van der Waals surface area contributed by atoms with Crippen LogP contribution in [0.15, 0.2) is 0 Å². The Balaban J connectivity index is 0. The summed E-state index contributed by atoms with van der Waals surface area (Å²) in [5.74, 6) is -1.24. The fourth-order valence-corrected chi connectivity index (χ4v) is 2.89. The van der Waals surface area contributed by atoms with Crippen LogP contribution in [0.2, 0.25) is 0 Å². The Labute approximate surface area is 171 Å². The summed E-state index contributed by atoms with van der Waals surface area (Å²) in [6, 6.07) is 0. The summed E-state index contributed by atoms with van der Waals surface area (Å²) in [5.41, 5.74) is 0. The number of aliphatic carboxylic acids is 1. The Morgan fingerprint density at radius 1 is 0.750 bits per heavy atom. The monoisotopic (exact) mass is 423 g/mol. The molecule has 0 bridgehead atoms. The second kappa shape index (κ2) is 20.6. The number of hydrogen-bond donors (Lipinski definition) is 3. The molecule has 0 aliphatic rings. The van der Waals surface area contributed by atoms with Crippen molar-refractivity contribution in [1.29, 1.82) is 0 Å². The second-order valence-electron chi connectivity index (χ2n) is 7.07. The Kier molecular flexibility index (Phi) is 21.4. The molecule has 0 saturated carbocycles. The van der Waals surface area contributed by atoms with Crippen LogP contribution in [0.4, 0.5) is 0 Å². The lowest BCUT2D eigenvalue weighted by atomic mass is 10.1. The molecule has 0 unspecified atom stereocenters. The van der Waals surface area contributed by atoms with Gasteiger partial charge in [0, 0.05) is 19.4 Å². The molecule has 0 aromatic carbocycles. The van der Waals surface area contributed by atoms with E-state index < -0.39 is 21.8 Å².